The molecule has 1 aliphatic rings. The van der Waals surface area contributed by atoms with Crippen LogP contribution in [0.4, 0.5) is 0 Å². The zero-order valence-corrected chi connectivity index (χ0v) is 15.6. The van der Waals surface area contributed by atoms with Gasteiger partial charge in [-0.1, -0.05) is 29.6 Å². The fourth-order valence-electron chi connectivity index (χ4n) is 3.24. The molecule has 0 unspecified atom stereocenters. The lowest BCUT2D eigenvalue weighted by atomic mass is 10.1. The SMILES string of the molecule is N#Cc1c(-n2ncnc2-c2ccc(Cl)cc2Cl)sc2c1CCCCC2. The van der Waals surface area contributed by atoms with Gasteiger partial charge in [0, 0.05) is 15.5 Å². The number of hydrogen-bond acceptors (Lipinski definition) is 4. The molecule has 0 saturated carbocycles. The molecule has 4 nitrogen and oxygen atoms in total. The van der Waals surface area contributed by atoms with Gasteiger partial charge in [0.25, 0.3) is 0 Å². The minimum atomic E-state index is 0.512. The number of aromatic nitrogens is 3. The summed E-state index contributed by atoms with van der Waals surface area (Å²) in [5.74, 6) is 0.620. The van der Waals surface area contributed by atoms with Crippen LogP contribution in [0.2, 0.25) is 10.0 Å². The second kappa shape index (κ2) is 6.80. The third kappa shape index (κ3) is 2.95. The maximum absolute atomic E-state index is 9.76. The highest BCUT2D eigenvalue weighted by Crippen LogP contribution is 2.38. The Labute approximate surface area is 159 Å². The Balaban J connectivity index is 1.88. The number of rotatable bonds is 2. The molecule has 0 saturated heterocycles. The van der Waals surface area contributed by atoms with Crippen molar-refractivity contribution in [1.29, 1.82) is 5.26 Å². The molecule has 0 fully saturated rings. The summed E-state index contributed by atoms with van der Waals surface area (Å²) >= 11 is 14.0. The Bertz CT molecular complexity index is 984. The first kappa shape index (κ1) is 16.6. The van der Waals surface area contributed by atoms with Crippen LogP contribution in [-0.2, 0) is 12.8 Å². The molecule has 7 heteroatoms. The average molecular weight is 389 g/mol. The van der Waals surface area contributed by atoms with Gasteiger partial charge in [0.05, 0.1) is 10.6 Å². The van der Waals surface area contributed by atoms with Gasteiger partial charge in [0.2, 0.25) is 0 Å². The first-order valence-electron chi connectivity index (χ1n) is 8.09. The van der Waals surface area contributed by atoms with Gasteiger partial charge in [0.15, 0.2) is 5.82 Å². The van der Waals surface area contributed by atoms with Gasteiger partial charge >= 0.3 is 0 Å². The molecular formula is C18H14Cl2N4S. The summed E-state index contributed by atoms with van der Waals surface area (Å²) in [5, 5.41) is 16.0. The van der Waals surface area contributed by atoms with Crippen molar-refractivity contribution < 1.29 is 0 Å². The van der Waals surface area contributed by atoms with Crippen LogP contribution in [0.5, 0.6) is 0 Å². The summed E-state index contributed by atoms with van der Waals surface area (Å²) in [7, 11) is 0. The minimum Gasteiger partial charge on any atom is -0.215 e. The second-order valence-corrected chi connectivity index (χ2v) is 7.90. The van der Waals surface area contributed by atoms with E-state index < -0.39 is 0 Å². The zero-order chi connectivity index (χ0) is 17.4. The largest absolute Gasteiger partial charge is 0.215 e. The molecule has 126 valence electrons. The number of fused-ring (bicyclic) bond motifs is 1. The molecule has 25 heavy (non-hydrogen) atoms. The maximum Gasteiger partial charge on any atom is 0.165 e. The Kier molecular flexibility index (Phi) is 4.51. The van der Waals surface area contributed by atoms with Gasteiger partial charge in [0.1, 0.15) is 17.4 Å². The molecular weight excluding hydrogens is 375 g/mol. The van der Waals surface area contributed by atoms with Crippen LogP contribution in [0.25, 0.3) is 16.4 Å². The molecule has 0 radical (unpaired) electrons. The van der Waals surface area contributed by atoms with Crippen molar-refractivity contribution >= 4 is 34.5 Å². The van der Waals surface area contributed by atoms with E-state index in [0.29, 0.717) is 15.9 Å². The number of nitrogens with zero attached hydrogens (tertiary/aromatic N) is 4. The third-order valence-corrected chi connectivity index (χ3v) is 6.24. The lowest BCUT2D eigenvalue weighted by Gasteiger charge is -2.07. The normalized spacial score (nSPS) is 14.0. The predicted octanol–water partition coefficient (Wildman–Crippen LogP) is 5.44. The number of hydrogen-bond donors (Lipinski definition) is 0. The Morgan fingerprint density at radius 2 is 2.00 bits per heavy atom. The van der Waals surface area contributed by atoms with E-state index in [9.17, 15) is 5.26 Å². The summed E-state index contributed by atoms with van der Waals surface area (Å²) in [4.78, 5) is 5.67. The lowest BCUT2D eigenvalue weighted by molar-refractivity contribution is 0.712. The van der Waals surface area contributed by atoms with E-state index in [4.69, 9.17) is 23.2 Å². The number of thiophene rings is 1. The lowest BCUT2D eigenvalue weighted by Crippen LogP contribution is -2.00. The number of halogens is 2. The zero-order valence-electron chi connectivity index (χ0n) is 13.3. The van der Waals surface area contributed by atoms with Crippen LogP contribution in [0.15, 0.2) is 24.5 Å². The number of aryl methyl sites for hydroxylation is 1. The van der Waals surface area contributed by atoms with Crippen LogP contribution in [0, 0.1) is 11.3 Å². The average Bonchev–Trinajstić information content (AvgIpc) is 3.13. The van der Waals surface area contributed by atoms with Crippen molar-refractivity contribution in [2.45, 2.75) is 32.1 Å². The highest BCUT2D eigenvalue weighted by atomic mass is 35.5. The van der Waals surface area contributed by atoms with Crippen LogP contribution in [0.1, 0.15) is 35.3 Å². The molecule has 4 rings (SSSR count). The second-order valence-electron chi connectivity index (χ2n) is 5.98. The van der Waals surface area contributed by atoms with Crippen molar-refractivity contribution in [2.24, 2.45) is 0 Å². The highest BCUT2D eigenvalue weighted by Gasteiger charge is 2.23. The van der Waals surface area contributed by atoms with Gasteiger partial charge < -0.3 is 0 Å². The van der Waals surface area contributed by atoms with Crippen molar-refractivity contribution in [2.75, 3.05) is 0 Å². The topological polar surface area (TPSA) is 54.5 Å². The highest BCUT2D eigenvalue weighted by molar-refractivity contribution is 7.15. The molecule has 2 aromatic heterocycles. The van der Waals surface area contributed by atoms with Crippen LogP contribution in [0.3, 0.4) is 0 Å². The van der Waals surface area contributed by atoms with Crippen molar-refractivity contribution in [3.8, 4) is 22.5 Å². The fourth-order valence-corrected chi connectivity index (χ4v) is 5.03. The predicted molar refractivity (Wildman–Crippen MR) is 101 cm³/mol. The first-order valence-corrected chi connectivity index (χ1v) is 9.66. The number of benzene rings is 1. The van der Waals surface area contributed by atoms with Gasteiger partial charge in [-0.05, 0) is 49.4 Å². The quantitative estimate of drug-likeness (QED) is 0.548. The maximum atomic E-state index is 9.76. The van der Waals surface area contributed by atoms with Crippen molar-refractivity contribution in [3.63, 3.8) is 0 Å². The molecule has 0 spiro atoms. The molecule has 0 amide bonds. The van der Waals surface area contributed by atoms with E-state index in [1.54, 1.807) is 28.2 Å². The molecule has 1 aliphatic carbocycles. The molecule has 0 bridgehead atoms. The summed E-state index contributed by atoms with van der Waals surface area (Å²) in [6.07, 6.45) is 7.00. The van der Waals surface area contributed by atoms with Gasteiger partial charge in [-0.2, -0.15) is 10.4 Å². The molecule has 1 aromatic carbocycles. The molecule has 0 atom stereocenters. The van der Waals surface area contributed by atoms with E-state index in [-0.39, 0.29) is 0 Å². The smallest absolute Gasteiger partial charge is 0.165 e. The Morgan fingerprint density at radius 3 is 2.80 bits per heavy atom. The van der Waals surface area contributed by atoms with E-state index in [2.05, 4.69) is 16.2 Å². The van der Waals surface area contributed by atoms with E-state index in [0.717, 1.165) is 35.4 Å². The fraction of sp³-hybridized carbons (Fsp3) is 0.278. The summed E-state index contributed by atoms with van der Waals surface area (Å²) in [6, 6.07) is 7.68. The molecule has 2 heterocycles. The molecule has 0 N–H and O–H groups in total. The van der Waals surface area contributed by atoms with Gasteiger partial charge in [-0.15, -0.1) is 11.3 Å². The minimum absolute atomic E-state index is 0.512. The van der Waals surface area contributed by atoms with Gasteiger partial charge in [-0.25, -0.2) is 9.67 Å². The summed E-state index contributed by atoms with van der Waals surface area (Å²) < 4.78 is 1.73. The Hall–Kier alpha value is -1.87. The van der Waals surface area contributed by atoms with E-state index in [1.807, 2.05) is 6.07 Å². The van der Waals surface area contributed by atoms with E-state index in [1.165, 1.54) is 29.6 Å². The monoisotopic (exact) mass is 388 g/mol. The van der Waals surface area contributed by atoms with E-state index >= 15 is 0 Å². The standard InChI is InChI=1S/C18H14Cl2N4S/c19-11-6-7-13(15(20)8-11)17-22-10-23-24(17)18-14(9-21)12-4-2-1-3-5-16(12)25-18/h6-8,10H,1-5H2. The molecule has 3 aromatic rings. The summed E-state index contributed by atoms with van der Waals surface area (Å²) in [6.45, 7) is 0. The Morgan fingerprint density at radius 1 is 1.16 bits per heavy atom. The third-order valence-electron chi connectivity index (χ3n) is 4.43. The first-order chi connectivity index (χ1) is 12.2. The van der Waals surface area contributed by atoms with Crippen LogP contribution < -0.4 is 0 Å². The van der Waals surface area contributed by atoms with Gasteiger partial charge in [-0.3, -0.25) is 0 Å². The van der Waals surface area contributed by atoms with Crippen molar-refractivity contribution in [3.05, 3.63) is 50.6 Å². The summed E-state index contributed by atoms with van der Waals surface area (Å²) in [5.41, 5.74) is 2.65. The van der Waals surface area contributed by atoms with Crippen molar-refractivity contribution in [1.82, 2.24) is 14.8 Å². The molecule has 0 aliphatic heterocycles. The van der Waals surface area contributed by atoms with Crippen LogP contribution in [-0.4, -0.2) is 14.8 Å². The number of nitriles is 1. The van der Waals surface area contributed by atoms with Crippen LogP contribution >= 0.6 is 34.5 Å².